The molecule has 5 rings (SSSR count). The Morgan fingerprint density at radius 1 is 1.06 bits per heavy atom. The van der Waals surface area contributed by atoms with Crippen molar-refractivity contribution in [3.8, 4) is 0 Å². The van der Waals surface area contributed by atoms with E-state index in [1.165, 1.54) is 22.9 Å². The number of nitrogens with zero attached hydrogens (tertiary/aromatic N) is 3. The number of carbonyl (C=O) groups is 1. The molecule has 3 aromatic rings. The van der Waals surface area contributed by atoms with Gasteiger partial charge in [-0.3, -0.25) is 4.79 Å². The van der Waals surface area contributed by atoms with Crippen molar-refractivity contribution >= 4 is 32.7 Å². The summed E-state index contributed by atoms with van der Waals surface area (Å²) in [5.74, 6) is 0.738. The molecule has 0 aliphatic carbocycles. The third-order valence-corrected chi connectivity index (χ3v) is 8.31. The molecule has 1 saturated heterocycles. The normalized spacial score (nSPS) is 21.7. The molecular weight excluding hydrogens is 452 g/mol. The lowest BCUT2D eigenvalue weighted by atomic mass is 10.2. The van der Waals surface area contributed by atoms with Crippen molar-refractivity contribution in [2.45, 2.75) is 63.2 Å². The summed E-state index contributed by atoms with van der Waals surface area (Å²) in [4.78, 5) is 17.9. The van der Waals surface area contributed by atoms with Crippen molar-refractivity contribution in [3.63, 3.8) is 0 Å². The van der Waals surface area contributed by atoms with Crippen molar-refractivity contribution in [1.29, 1.82) is 0 Å². The minimum Gasteiger partial charge on any atom is -0.373 e. The number of sulfonamides is 1. The molecule has 2 aromatic carbocycles. The Kier molecular flexibility index (Phi) is 6.18. The molecule has 1 N–H and O–H groups in total. The Balaban J connectivity index is 1.36. The van der Waals surface area contributed by atoms with Gasteiger partial charge < -0.3 is 14.6 Å². The van der Waals surface area contributed by atoms with Crippen LogP contribution in [0.4, 0.5) is 5.69 Å². The number of carbonyl (C=O) groups excluding carboxylic acids is 1. The standard InChI is InChI=1S/C25H30N4O4S/c1-17-15-28(16-18(2)33-17)34(31,32)21-8-6-7-19(13-21)25(30)26-20-10-11-23-22(14-20)27-24-9-4-3-5-12-29(23)24/h6-8,10-11,13-14,17-18H,3-5,9,12,15-16H2,1-2H3,(H,26,30)/t17-,18-/m0/s1. The van der Waals surface area contributed by atoms with Gasteiger partial charge in [0, 0.05) is 37.3 Å². The average molecular weight is 483 g/mol. The lowest BCUT2D eigenvalue weighted by Gasteiger charge is -2.34. The maximum absolute atomic E-state index is 13.2. The molecular formula is C25H30N4O4S. The molecule has 2 aliphatic rings. The second-order valence-electron chi connectivity index (χ2n) is 9.26. The van der Waals surface area contributed by atoms with Crippen LogP contribution in [0.3, 0.4) is 0 Å². The lowest BCUT2D eigenvalue weighted by Crippen LogP contribution is -2.48. The SMILES string of the molecule is C[C@H]1CN(S(=O)(=O)c2cccc(C(=O)Nc3ccc4c(c3)nc3n4CCCCC3)c2)C[C@H](C)O1. The van der Waals surface area contributed by atoms with Gasteiger partial charge in [0.1, 0.15) is 5.82 Å². The topological polar surface area (TPSA) is 93.5 Å². The number of anilines is 1. The monoisotopic (exact) mass is 482 g/mol. The van der Waals surface area contributed by atoms with Crippen molar-refractivity contribution in [3.05, 3.63) is 53.9 Å². The van der Waals surface area contributed by atoms with E-state index in [0.717, 1.165) is 42.7 Å². The molecule has 2 aliphatic heterocycles. The molecule has 1 amide bonds. The molecule has 34 heavy (non-hydrogen) atoms. The minimum atomic E-state index is -3.73. The molecule has 2 atom stereocenters. The zero-order valence-corrected chi connectivity index (χ0v) is 20.3. The first kappa shape index (κ1) is 23.0. The Bertz CT molecular complexity index is 1320. The summed E-state index contributed by atoms with van der Waals surface area (Å²) < 4.78 is 35.8. The number of rotatable bonds is 4. The first-order valence-electron chi connectivity index (χ1n) is 11.9. The van der Waals surface area contributed by atoms with Crippen LogP contribution in [0.5, 0.6) is 0 Å². The molecule has 180 valence electrons. The van der Waals surface area contributed by atoms with E-state index in [0.29, 0.717) is 5.69 Å². The molecule has 1 aromatic heterocycles. The van der Waals surface area contributed by atoms with Crippen molar-refractivity contribution in [2.24, 2.45) is 0 Å². The number of amides is 1. The van der Waals surface area contributed by atoms with Crippen LogP contribution in [0.25, 0.3) is 11.0 Å². The summed E-state index contributed by atoms with van der Waals surface area (Å²) in [6.07, 6.45) is 4.12. The van der Waals surface area contributed by atoms with Gasteiger partial charge in [-0.2, -0.15) is 4.31 Å². The third kappa shape index (κ3) is 4.47. The van der Waals surface area contributed by atoms with Crippen LogP contribution in [0.2, 0.25) is 0 Å². The minimum absolute atomic E-state index is 0.106. The number of fused-ring (bicyclic) bond motifs is 3. The number of hydrogen-bond acceptors (Lipinski definition) is 5. The molecule has 0 bridgehead atoms. The lowest BCUT2D eigenvalue weighted by molar-refractivity contribution is -0.0440. The van der Waals surface area contributed by atoms with Gasteiger partial charge in [-0.25, -0.2) is 13.4 Å². The van der Waals surface area contributed by atoms with E-state index in [1.54, 1.807) is 12.1 Å². The van der Waals surface area contributed by atoms with Gasteiger partial charge >= 0.3 is 0 Å². The largest absolute Gasteiger partial charge is 0.373 e. The van der Waals surface area contributed by atoms with E-state index >= 15 is 0 Å². The highest BCUT2D eigenvalue weighted by atomic mass is 32.2. The van der Waals surface area contributed by atoms with E-state index in [9.17, 15) is 13.2 Å². The van der Waals surface area contributed by atoms with E-state index < -0.39 is 10.0 Å². The molecule has 0 radical (unpaired) electrons. The Hall–Kier alpha value is -2.75. The summed E-state index contributed by atoms with van der Waals surface area (Å²) in [5.41, 5.74) is 2.87. The Morgan fingerprint density at radius 3 is 2.65 bits per heavy atom. The molecule has 3 heterocycles. The van der Waals surface area contributed by atoms with Crippen LogP contribution < -0.4 is 5.32 Å². The number of aryl methyl sites for hydroxylation is 2. The van der Waals surface area contributed by atoms with Crippen LogP contribution in [-0.4, -0.2) is 53.5 Å². The van der Waals surface area contributed by atoms with E-state index in [4.69, 9.17) is 9.72 Å². The van der Waals surface area contributed by atoms with Gasteiger partial charge in [0.2, 0.25) is 10.0 Å². The molecule has 0 spiro atoms. The first-order valence-corrected chi connectivity index (χ1v) is 13.3. The number of imidazole rings is 1. The van der Waals surface area contributed by atoms with Gasteiger partial charge in [-0.1, -0.05) is 12.5 Å². The van der Waals surface area contributed by atoms with Gasteiger partial charge in [-0.15, -0.1) is 0 Å². The maximum Gasteiger partial charge on any atom is 0.255 e. The van der Waals surface area contributed by atoms with Crippen molar-refractivity contribution in [1.82, 2.24) is 13.9 Å². The molecule has 9 heteroatoms. The van der Waals surface area contributed by atoms with E-state index in [-0.39, 0.29) is 41.7 Å². The summed E-state index contributed by atoms with van der Waals surface area (Å²) in [5, 5.41) is 2.90. The first-order chi connectivity index (χ1) is 16.3. The predicted molar refractivity (Wildman–Crippen MR) is 130 cm³/mol. The maximum atomic E-state index is 13.2. The quantitative estimate of drug-likeness (QED) is 0.610. The van der Waals surface area contributed by atoms with Gasteiger partial charge in [0.25, 0.3) is 5.91 Å². The van der Waals surface area contributed by atoms with Crippen LogP contribution in [0, 0.1) is 0 Å². The van der Waals surface area contributed by atoms with Gasteiger partial charge in [0.05, 0.1) is 28.1 Å². The number of hydrogen-bond donors (Lipinski definition) is 1. The Morgan fingerprint density at radius 2 is 1.85 bits per heavy atom. The van der Waals surface area contributed by atoms with Crippen LogP contribution in [-0.2, 0) is 27.7 Å². The van der Waals surface area contributed by atoms with Crippen molar-refractivity contribution < 1.29 is 17.9 Å². The molecule has 1 fully saturated rings. The fraction of sp³-hybridized carbons (Fsp3) is 0.440. The van der Waals surface area contributed by atoms with Gasteiger partial charge in [-0.05, 0) is 63.1 Å². The Labute approximate surface area is 200 Å². The predicted octanol–water partition coefficient (Wildman–Crippen LogP) is 3.81. The fourth-order valence-corrected chi connectivity index (χ4v) is 6.54. The zero-order valence-electron chi connectivity index (χ0n) is 19.5. The van der Waals surface area contributed by atoms with Crippen molar-refractivity contribution in [2.75, 3.05) is 18.4 Å². The molecule has 0 saturated carbocycles. The summed E-state index contributed by atoms with van der Waals surface area (Å²) in [6.45, 7) is 5.27. The number of aromatic nitrogens is 2. The number of benzene rings is 2. The average Bonchev–Trinajstić information content (AvgIpc) is 2.98. The zero-order chi connectivity index (χ0) is 23.9. The third-order valence-electron chi connectivity index (χ3n) is 6.49. The van der Waals surface area contributed by atoms with E-state index in [2.05, 4.69) is 9.88 Å². The smallest absolute Gasteiger partial charge is 0.255 e. The summed E-state index contributed by atoms with van der Waals surface area (Å²) in [6, 6.07) is 11.9. The van der Waals surface area contributed by atoms with Gasteiger partial charge in [0.15, 0.2) is 0 Å². The van der Waals surface area contributed by atoms with Crippen LogP contribution in [0.1, 0.15) is 49.3 Å². The highest BCUT2D eigenvalue weighted by molar-refractivity contribution is 7.89. The number of ether oxygens (including phenoxy) is 1. The van der Waals surface area contributed by atoms with Crippen LogP contribution >= 0.6 is 0 Å². The van der Waals surface area contributed by atoms with Crippen LogP contribution in [0.15, 0.2) is 47.4 Å². The summed E-state index contributed by atoms with van der Waals surface area (Å²) >= 11 is 0. The molecule has 0 unspecified atom stereocenters. The van der Waals surface area contributed by atoms with E-state index in [1.807, 2.05) is 32.0 Å². The second-order valence-corrected chi connectivity index (χ2v) is 11.2. The highest BCUT2D eigenvalue weighted by Gasteiger charge is 2.32. The number of morpholine rings is 1. The number of nitrogens with one attached hydrogen (secondary N) is 1. The second kappa shape index (κ2) is 9.13. The molecule has 8 nitrogen and oxygen atoms in total. The fourth-order valence-electron chi connectivity index (χ4n) is 4.90. The highest BCUT2D eigenvalue weighted by Crippen LogP contribution is 2.26. The summed E-state index contributed by atoms with van der Waals surface area (Å²) in [7, 11) is -3.73.